The largest absolute Gasteiger partial charge is 0.313 e. The van der Waals surface area contributed by atoms with E-state index >= 15 is 0 Å². The van der Waals surface area contributed by atoms with E-state index < -0.39 is 0 Å². The van der Waals surface area contributed by atoms with E-state index in [-0.39, 0.29) is 0 Å². The van der Waals surface area contributed by atoms with Crippen molar-refractivity contribution in [3.8, 4) is 0 Å². The van der Waals surface area contributed by atoms with Crippen molar-refractivity contribution in [3.63, 3.8) is 0 Å². The van der Waals surface area contributed by atoms with Crippen molar-refractivity contribution in [3.05, 3.63) is 53.3 Å². The highest BCUT2D eigenvalue weighted by Gasteiger charge is 2.11. The van der Waals surface area contributed by atoms with Crippen LogP contribution in [0.25, 0.3) is 0 Å². The van der Waals surface area contributed by atoms with Crippen LogP contribution in [0.5, 0.6) is 0 Å². The van der Waals surface area contributed by atoms with E-state index in [2.05, 4.69) is 47.8 Å². The van der Waals surface area contributed by atoms with E-state index in [0.717, 1.165) is 12.8 Å². The molecule has 1 heterocycles. The van der Waals surface area contributed by atoms with Gasteiger partial charge in [0, 0.05) is 24.8 Å². The summed E-state index contributed by atoms with van der Waals surface area (Å²) in [7, 11) is 3.97. The Hall–Kier alpha value is -1.61. The van der Waals surface area contributed by atoms with Crippen LogP contribution in [0.2, 0.25) is 0 Å². The van der Waals surface area contributed by atoms with Crippen molar-refractivity contribution in [1.82, 2.24) is 15.1 Å². The van der Waals surface area contributed by atoms with Crippen molar-refractivity contribution < 1.29 is 0 Å². The van der Waals surface area contributed by atoms with Crippen LogP contribution in [0.4, 0.5) is 0 Å². The lowest BCUT2D eigenvalue weighted by Gasteiger charge is -2.15. The van der Waals surface area contributed by atoms with Crippen molar-refractivity contribution in [2.75, 3.05) is 7.05 Å². The van der Waals surface area contributed by atoms with Crippen LogP contribution in [0.1, 0.15) is 29.2 Å². The van der Waals surface area contributed by atoms with Gasteiger partial charge in [0.2, 0.25) is 0 Å². The van der Waals surface area contributed by atoms with Gasteiger partial charge in [-0.2, -0.15) is 5.10 Å². The lowest BCUT2D eigenvalue weighted by Crippen LogP contribution is -2.16. The van der Waals surface area contributed by atoms with E-state index in [1.165, 1.54) is 16.7 Å². The molecule has 1 unspecified atom stereocenters. The maximum absolute atomic E-state index is 4.23. The predicted molar refractivity (Wildman–Crippen MR) is 74.5 cm³/mol. The van der Waals surface area contributed by atoms with E-state index in [0.29, 0.717) is 6.04 Å². The summed E-state index contributed by atoms with van der Waals surface area (Å²) in [6.45, 7) is 2.17. The molecular weight excluding hydrogens is 222 g/mol. The first-order chi connectivity index (χ1) is 8.70. The van der Waals surface area contributed by atoms with Gasteiger partial charge in [0.25, 0.3) is 0 Å². The summed E-state index contributed by atoms with van der Waals surface area (Å²) < 4.78 is 1.85. The Morgan fingerprint density at radius 1 is 1.33 bits per heavy atom. The van der Waals surface area contributed by atoms with E-state index in [9.17, 15) is 0 Å². The van der Waals surface area contributed by atoms with Gasteiger partial charge in [-0.05, 0) is 37.9 Å². The van der Waals surface area contributed by atoms with Gasteiger partial charge in [-0.3, -0.25) is 4.68 Å². The van der Waals surface area contributed by atoms with Crippen LogP contribution in [0.3, 0.4) is 0 Å². The highest BCUT2D eigenvalue weighted by molar-refractivity contribution is 5.26. The molecule has 0 saturated heterocycles. The smallest absolute Gasteiger partial charge is 0.0537 e. The molecule has 3 nitrogen and oxygen atoms in total. The molecule has 0 spiro atoms. The molecule has 0 fully saturated rings. The molecule has 0 aliphatic rings. The summed E-state index contributed by atoms with van der Waals surface area (Å²) in [4.78, 5) is 0. The van der Waals surface area contributed by atoms with Gasteiger partial charge in [-0.15, -0.1) is 0 Å². The van der Waals surface area contributed by atoms with Gasteiger partial charge in [0.1, 0.15) is 0 Å². The number of rotatable bonds is 5. The summed E-state index contributed by atoms with van der Waals surface area (Å²) in [5.41, 5.74) is 4.06. The summed E-state index contributed by atoms with van der Waals surface area (Å²) >= 11 is 0. The van der Waals surface area contributed by atoms with Gasteiger partial charge in [-0.1, -0.05) is 24.3 Å². The second-order valence-corrected chi connectivity index (χ2v) is 4.75. The monoisotopic (exact) mass is 243 g/mol. The van der Waals surface area contributed by atoms with Crippen molar-refractivity contribution in [2.24, 2.45) is 7.05 Å². The number of aryl methyl sites for hydroxylation is 3. The third kappa shape index (κ3) is 2.99. The number of aromatic nitrogens is 2. The molecule has 1 N–H and O–H groups in total. The van der Waals surface area contributed by atoms with Gasteiger partial charge in [0.05, 0.1) is 6.20 Å². The summed E-state index contributed by atoms with van der Waals surface area (Å²) in [6.07, 6.45) is 6.21. The quantitative estimate of drug-likeness (QED) is 0.875. The molecular formula is C15H21N3. The topological polar surface area (TPSA) is 29.9 Å². The lowest BCUT2D eigenvalue weighted by atomic mass is 9.99. The molecule has 3 heteroatoms. The summed E-state index contributed by atoms with van der Waals surface area (Å²) in [5, 5.41) is 7.60. The average Bonchev–Trinajstić information content (AvgIpc) is 2.79. The molecule has 96 valence electrons. The zero-order valence-corrected chi connectivity index (χ0v) is 11.4. The van der Waals surface area contributed by atoms with Crippen molar-refractivity contribution >= 4 is 0 Å². The van der Waals surface area contributed by atoms with E-state index in [1.54, 1.807) is 0 Å². The van der Waals surface area contributed by atoms with Crippen LogP contribution >= 0.6 is 0 Å². The minimum Gasteiger partial charge on any atom is -0.313 e. The van der Waals surface area contributed by atoms with E-state index in [4.69, 9.17) is 0 Å². The molecule has 2 aromatic rings. The van der Waals surface area contributed by atoms with Gasteiger partial charge >= 0.3 is 0 Å². The number of nitrogens with one attached hydrogen (secondary N) is 1. The van der Waals surface area contributed by atoms with Crippen LogP contribution in [0.15, 0.2) is 36.7 Å². The molecule has 0 radical (unpaired) electrons. The summed E-state index contributed by atoms with van der Waals surface area (Å²) in [5.74, 6) is 0. The first kappa shape index (κ1) is 12.8. The number of benzene rings is 1. The van der Waals surface area contributed by atoms with Crippen molar-refractivity contribution in [2.45, 2.75) is 25.8 Å². The third-order valence-electron chi connectivity index (χ3n) is 3.44. The molecule has 1 aromatic carbocycles. The Balaban J connectivity index is 2.02. The number of nitrogens with zero attached hydrogens (tertiary/aromatic N) is 2. The van der Waals surface area contributed by atoms with Crippen LogP contribution < -0.4 is 5.32 Å². The first-order valence-electron chi connectivity index (χ1n) is 6.41. The van der Waals surface area contributed by atoms with Crippen LogP contribution in [0, 0.1) is 6.92 Å². The van der Waals surface area contributed by atoms with Gasteiger partial charge < -0.3 is 5.32 Å². The number of hydrogen-bond donors (Lipinski definition) is 1. The molecule has 1 aromatic heterocycles. The molecule has 18 heavy (non-hydrogen) atoms. The van der Waals surface area contributed by atoms with Gasteiger partial charge in [0.15, 0.2) is 0 Å². The summed E-state index contributed by atoms with van der Waals surface area (Å²) in [6, 6.07) is 8.97. The highest BCUT2D eigenvalue weighted by Crippen LogP contribution is 2.19. The molecule has 1 atom stereocenters. The second kappa shape index (κ2) is 5.83. The standard InChI is InChI=1S/C15H21N3/c1-12-6-4-5-7-13(12)8-9-15(16-2)14-10-17-18(3)11-14/h4-7,10-11,15-16H,8-9H2,1-3H3. The fourth-order valence-electron chi connectivity index (χ4n) is 2.29. The first-order valence-corrected chi connectivity index (χ1v) is 6.41. The fraction of sp³-hybridized carbons (Fsp3) is 0.400. The average molecular weight is 243 g/mol. The third-order valence-corrected chi connectivity index (χ3v) is 3.44. The minimum absolute atomic E-state index is 0.373. The van der Waals surface area contributed by atoms with Crippen molar-refractivity contribution in [1.29, 1.82) is 0 Å². The zero-order chi connectivity index (χ0) is 13.0. The Morgan fingerprint density at radius 3 is 2.72 bits per heavy atom. The second-order valence-electron chi connectivity index (χ2n) is 4.75. The highest BCUT2D eigenvalue weighted by atomic mass is 15.2. The molecule has 2 rings (SSSR count). The van der Waals surface area contributed by atoms with Gasteiger partial charge in [-0.25, -0.2) is 0 Å². The minimum atomic E-state index is 0.373. The molecule has 0 amide bonds. The lowest BCUT2D eigenvalue weighted by molar-refractivity contribution is 0.548. The SMILES string of the molecule is CNC(CCc1ccccc1C)c1cnn(C)c1. The predicted octanol–water partition coefficient (Wildman–Crippen LogP) is 2.62. The molecule has 0 saturated carbocycles. The normalized spacial score (nSPS) is 12.6. The number of hydrogen-bond acceptors (Lipinski definition) is 2. The van der Waals surface area contributed by atoms with Crippen LogP contribution in [-0.2, 0) is 13.5 Å². The zero-order valence-electron chi connectivity index (χ0n) is 11.4. The van der Waals surface area contributed by atoms with E-state index in [1.807, 2.05) is 25.0 Å². The molecule has 0 bridgehead atoms. The Labute approximate surface area is 109 Å². The maximum atomic E-state index is 4.23. The van der Waals surface area contributed by atoms with Crippen LogP contribution in [-0.4, -0.2) is 16.8 Å². The Bertz CT molecular complexity index is 502. The Kier molecular flexibility index (Phi) is 4.15. The molecule has 0 aliphatic carbocycles. The maximum Gasteiger partial charge on any atom is 0.0537 e. The molecule has 0 aliphatic heterocycles. The Morgan fingerprint density at radius 2 is 2.11 bits per heavy atom. The fourth-order valence-corrected chi connectivity index (χ4v) is 2.29.